The first-order valence-corrected chi connectivity index (χ1v) is 7.81. The van der Waals surface area contributed by atoms with E-state index in [-0.39, 0.29) is 12.0 Å². The predicted molar refractivity (Wildman–Crippen MR) is 79.7 cm³/mol. The summed E-state index contributed by atoms with van der Waals surface area (Å²) in [6.07, 6.45) is 3.62. The number of hydrogen-bond donors (Lipinski definition) is 0. The van der Waals surface area contributed by atoms with E-state index in [1.54, 1.807) is 6.20 Å². The van der Waals surface area contributed by atoms with Gasteiger partial charge in [0, 0.05) is 25.8 Å². The summed E-state index contributed by atoms with van der Waals surface area (Å²) in [6.45, 7) is 3.63. The molecule has 6 heteroatoms. The van der Waals surface area contributed by atoms with Crippen molar-refractivity contribution in [3.63, 3.8) is 0 Å². The largest absolute Gasteiger partial charge is 0.365 e. The molecule has 1 unspecified atom stereocenters. The predicted octanol–water partition coefficient (Wildman–Crippen LogP) is 1.67. The minimum Gasteiger partial charge on any atom is -0.365 e. The lowest BCUT2D eigenvalue weighted by atomic mass is 10.2. The minimum absolute atomic E-state index is 0.124. The number of ether oxygens (including phenoxy) is 1. The zero-order chi connectivity index (χ0) is 13.9. The van der Waals surface area contributed by atoms with E-state index in [2.05, 4.69) is 25.8 Å². The Kier molecular flexibility index (Phi) is 4.21. The topological polar surface area (TPSA) is 45.7 Å². The molecule has 20 heavy (non-hydrogen) atoms. The van der Waals surface area contributed by atoms with Gasteiger partial charge in [-0.05, 0) is 40.9 Å². The Morgan fingerprint density at radius 3 is 2.90 bits per heavy atom. The normalized spacial score (nSPS) is 23.1. The van der Waals surface area contributed by atoms with Gasteiger partial charge in [-0.1, -0.05) is 0 Å². The van der Waals surface area contributed by atoms with Crippen LogP contribution in [-0.2, 0) is 9.53 Å². The Morgan fingerprint density at radius 2 is 2.15 bits per heavy atom. The summed E-state index contributed by atoms with van der Waals surface area (Å²) >= 11 is 3.51. The van der Waals surface area contributed by atoms with Gasteiger partial charge in [-0.15, -0.1) is 0 Å². The van der Waals surface area contributed by atoms with E-state index in [0.717, 1.165) is 42.8 Å². The lowest BCUT2D eigenvalue weighted by Gasteiger charge is -2.35. The Balaban J connectivity index is 1.70. The molecule has 1 amide bonds. The maximum absolute atomic E-state index is 12.4. The first-order valence-electron chi connectivity index (χ1n) is 7.01. The van der Waals surface area contributed by atoms with Crippen molar-refractivity contribution < 1.29 is 9.53 Å². The highest BCUT2D eigenvalue weighted by Gasteiger charge is 2.32. The molecule has 0 aliphatic carbocycles. The summed E-state index contributed by atoms with van der Waals surface area (Å²) in [7, 11) is 0. The molecule has 0 spiro atoms. The van der Waals surface area contributed by atoms with Gasteiger partial charge >= 0.3 is 0 Å². The molecule has 3 rings (SSSR count). The van der Waals surface area contributed by atoms with Crippen molar-refractivity contribution in [1.29, 1.82) is 0 Å². The van der Waals surface area contributed by atoms with Crippen molar-refractivity contribution in [2.45, 2.75) is 18.9 Å². The molecule has 1 aromatic heterocycles. The number of nitrogens with zero attached hydrogens (tertiary/aromatic N) is 3. The monoisotopic (exact) mass is 339 g/mol. The molecule has 2 saturated heterocycles. The molecule has 2 aliphatic heterocycles. The molecule has 5 nitrogen and oxygen atoms in total. The molecule has 3 heterocycles. The van der Waals surface area contributed by atoms with Crippen LogP contribution in [0.5, 0.6) is 0 Å². The van der Waals surface area contributed by atoms with Crippen molar-refractivity contribution in [3.05, 3.63) is 22.8 Å². The first kappa shape index (κ1) is 13.8. The molecule has 2 fully saturated rings. The zero-order valence-corrected chi connectivity index (χ0v) is 12.9. The van der Waals surface area contributed by atoms with E-state index in [9.17, 15) is 4.79 Å². The van der Waals surface area contributed by atoms with Crippen molar-refractivity contribution in [2.24, 2.45) is 0 Å². The SMILES string of the molecule is O=C(C1CN(c2ncccc2Br)CCO1)N1CCCC1. The third-order valence-corrected chi connectivity index (χ3v) is 4.42. The van der Waals surface area contributed by atoms with E-state index >= 15 is 0 Å². The van der Waals surface area contributed by atoms with Crippen LogP contribution in [0.15, 0.2) is 22.8 Å². The minimum atomic E-state index is -0.365. The molecule has 1 atom stereocenters. The summed E-state index contributed by atoms with van der Waals surface area (Å²) in [5.41, 5.74) is 0. The Labute approximate surface area is 127 Å². The number of halogens is 1. The van der Waals surface area contributed by atoms with E-state index in [0.29, 0.717) is 13.2 Å². The van der Waals surface area contributed by atoms with Gasteiger partial charge in [0.2, 0.25) is 0 Å². The number of morpholine rings is 1. The van der Waals surface area contributed by atoms with Crippen LogP contribution in [0.3, 0.4) is 0 Å². The third-order valence-electron chi connectivity index (χ3n) is 3.80. The highest BCUT2D eigenvalue weighted by Crippen LogP contribution is 2.25. The van der Waals surface area contributed by atoms with Crippen molar-refractivity contribution in [1.82, 2.24) is 9.88 Å². The van der Waals surface area contributed by atoms with Gasteiger partial charge in [-0.3, -0.25) is 4.79 Å². The Morgan fingerprint density at radius 1 is 1.35 bits per heavy atom. The summed E-state index contributed by atoms with van der Waals surface area (Å²) in [5.74, 6) is 1.01. The van der Waals surface area contributed by atoms with Crippen LogP contribution in [0.25, 0.3) is 0 Å². The average Bonchev–Trinajstić information content (AvgIpc) is 3.01. The van der Waals surface area contributed by atoms with E-state index < -0.39 is 0 Å². The number of likely N-dealkylation sites (tertiary alicyclic amines) is 1. The van der Waals surface area contributed by atoms with Gasteiger partial charge in [-0.25, -0.2) is 4.98 Å². The molecule has 0 N–H and O–H groups in total. The fourth-order valence-electron chi connectivity index (χ4n) is 2.74. The first-order chi connectivity index (χ1) is 9.75. The zero-order valence-electron chi connectivity index (χ0n) is 11.3. The Bertz CT molecular complexity index is 491. The molecular weight excluding hydrogens is 322 g/mol. The average molecular weight is 340 g/mol. The van der Waals surface area contributed by atoms with Gasteiger partial charge in [0.1, 0.15) is 5.82 Å². The number of pyridine rings is 1. The van der Waals surface area contributed by atoms with Crippen LogP contribution in [0.1, 0.15) is 12.8 Å². The maximum Gasteiger partial charge on any atom is 0.253 e. The van der Waals surface area contributed by atoms with Crippen LogP contribution in [0.4, 0.5) is 5.82 Å². The van der Waals surface area contributed by atoms with E-state index in [1.165, 1.54) is 0 Å². The maximum atomic E-state index is 12.4. The number of carbonyl (C=O) groups excluding carboxylic acids is 1. The highest BCUT2D eigenvalue weighted by molar-refractivity contribution is 9.10. The molecule has 108 valence electrons. The number of amides is 1. The molecule has 0 aromatic carbocycles. The molecule has 0 radical (unpaired) electrons. The van der Waals surface area contributed by atoms with Crippen LogP contribution >= 0.6 is 15.9 Å². The third kappa shape index (κ3) is 2.81. The van der Waals surface area contributed by atoms with Gasteiger partial charge < -0.3 is 14.5 Å². The number of rotatable bonds is 2. The van der Waals surface area contributed by atoms with Gasteiger partial charge in [0.25, 0.3) is 5.91 Å². The fourth-order valence-corrected chi connectivity index (χ4v) is 3.25. The standard InChI is InChI=1S/C14H18BrN3O2/c15-11-4-3-5-16-13(11)18-8-9-20-12(10-18)14(19)17-6-1-2-7-17/h3-5,12H,1-2,6-10H2. The highest BCUT2D eigenvalue weighted by atomic mass is 79.9. The van der Waals surface area contributed by atoms with Crippen LogP contribution in [0, 0.1) is 0 Å². The summed E-state index contributed by atoms with van der Waals surface area (Å²) in [5, 5.41) is 0. The van der Waals surface area contributed by atoms with E-state index in [1.807, 2.05) is 17.0 Å². The second-order valence-electron chi connectivity index (χ2n) is 5.15. The number of carbonyl (C=O) groups is 1. The van der Waals surface area contributed by atoms with Gasteiger partial charge in [0.15, 0.2) is 6.10 Å². The lowest BCUT2D eigenvalue weighted by molar-refractivity contribution is -0.143. The van der Waals surface area contributed by atoms with E-state index in [4.69, 9.17) is 4.74 Å². The number of anilines is 1. The van der Waals surface area contributed by atoms with Crippen LogP contribution in [0.2, 0.25) is 0 Å². The molecule has 1 aromatic rings. The molecule has 0 saturated carbocycles. The van der Waals surface area contributed by atoms with Gasteiger partial charge in [-0.2, -0.15) is 0 Å². The van der Waals surface area contributed by atoms with Crippen molar-refractivity contribution in [2.75, 3.05) is 37.7 Å². The summed E-state index contributed by atoms with van der Waals surface area (Å²) in [4.78, 5) is 20.8. The number of hydrogen-bond acceptors (Lipinski definition) is 4. The molecule has 0 bridgehead atoms. The quantitative estimate of drug-likeness (QED) is 0.822. The summed E-state index contributed by atoms with van der Waals surface area (Å²) < 4.78 is 6.62. The van der Waals surface area contributed by atoms with Gasteiger partial charge in [0.05, 0.1) is 17.6 Å². The second kappa shape index (κ2) is 6.10. The fraction of sp³-hybridized carbons (Fsp3) is 0.571. The van der Waals surface area contributed by atoms with Crippen molar-refractivity contribution in [3.8, 4) is 0 Å². The summed E-state index contributed by atoms with van der Waals surface area (Å²) in [6, 6.07) is 3.86. The van der Waals surface area contributed by atoms with Crippen LogP contribution in [-0.4, -0.2) is 54.7 Å². The molecular formula is C14H18BrN3O2. The Hall–Kier alpha value is -1.14. The van der Waals surface area contributed by atoms with Crippen molar-refractivity contribution >= 4 is 27.7 Å². The molecule has 2 aliphatic rings. The second-order valence-corrected chi connectivity index (χ2v) is 6.00. The number of aromatic nitrogens is 1. The lowest BCUT2D eigenvalue weighted by Crippen LogP contribution is -2.50. The van der Waals surface area contributed by atoms with Crippen LogP contribution < -0.4 is 4.90 Å². The smallest absolute Gasteiger partial charge is 0.253 e.